The SMILES string of the molecule is C=CC(Sc1ccccc1)[C@H](C(=C)C)[C@@]1(C)CO1. The molecule has 1 aliphatic rings. The Labute approximate surface area is 114 Å². The van der Waals surface area contributed by atoms with Gasteiger partial charge in [-0.2, -0.15) is 0 Å². The fourth-order valence-corrected chi connectivity index (χ4v) is 3.73. The summed E-state index contributed by atoms with van der Waals surface area (Å²) < 4.78 is 5.62. The molecule has 1 unspecified atom stereocenters. The van der Waals surface area contributed by atoms with Crippen LogP contribution >= 0.6 is 11.8 Å². The van der Waals surface area contributed by atoms with Crippen LogP contribution in [0.3, 0.4) is 0 Å². The lowest BCUT2D eigenvalue weighted by Crippen LogP contribution is -2.30. The van der Waals surface area contributed by atoms with Crippen molar-refractivity contribution in [2.45, 2.75) is 29.6 Å². The molecule has 1 nitrogen and oxygen atoms in total. The highest BCUT2D eigenvalue weighted by molar-refractivity contribution is 8.00. The minimum Gasteiger partial charge on any atom is -0.369 e. The van der Waals surface area contributed by atoms with Gasteiger partial charge in [-0.1, -0.05) is 36.4 Å². The van der Waals surface area contributed by atoms with E-state index in [1.54, 1.807) is 0 Å². The van der Waals surface area contributed by atoms with Crippen LogP contribution in [0.2, 0.25) is 0 Å². The first-order valence-electron chi connectivity index (χ1n) is 6.20. The van der Waals surface area contributed by atoms with Gasteiger partial charge in [-0.3, -0.25) is 0 Å². The smallest absolute Gasteiger partial charge is 0.0967 e. The molecule has 0 amide bonds. The van der Waals surface area contributed by atoms with Gasteiger partial charge < -0.3 is 4.74 Å². The van der Waals surface area contributed by atoms with Crippen molar-refractivity contribution >= 4 is 11.8 Å². The van der Waals surface area contributed by atoms with Gasteiger partial charge in [-0.05, 0) is 26.0 Å². The molecule has 0 aromatic heterocycles. The maximum atomic E-state index is 5.62. The van der Waals surface area contributed by atoms with E-state index in [0.717, 1.165) is 6.61 Å². The maximum Gasteiger partial charge on any atom is 0.0967 e. The largest absolute Gasteiger partial charge is 0.369 e. The average molecular weight is 260 g/mol. The van der Waals surface area contributed by atoms with E-state index in [0.29, 0.717) is 11.2 Å². The van der Waals surface area contributed by atoms with Crippen molar-refractivity contribution in [2.24, 2.45) is 5.92 Å². The lowest BCUT2D eigenvalue weighted by Gasteiger charge is -2.28. The Balaban J connectivity index is 2.16. The van der Waals surface area contributed by atoms with Gasteiger partial charge in [0.05, 0.1) is 12.2 Å². The van der Waals surface area contributed by atoms with E-state index in [1.807, 2.05) is 23.9 Å². The number of hydrogen-bond acceptors (Lipinski definition) is 2. The predicted octanol–water partition coefficient (Wildman–Crippen LogP) is 4.31. The summed E-state index contributed by atoms with van der Waals surface area (Å²) in [6, 6.07) is 10.4. The van der Waals surface area contributed by atoms with E-state index in [9.17, 15) is 0 Å². The number of hydrogen-bond donors (Lipinski definition) is 0. The lowest BCUT2D eigenvalue weighted by atomic mass is 9.85. The van der Waals surface area contributed by atoms with Crippen molar-refractivity contribution in [3.05, 3.63) is 55.1 Å². The van der Waals surface area contributed by atoms with Crippen LogP contribution in [0.25, 0.3) is 0 Å². The Kier molecular flexibility index (Phi) is 3.98. The number of ether oxygens (including phenoxy) is 1. The topological polar surface area (TPSA) is 12.5 Å². The Morgan fingerprint density at radius 1 is 1.44 bits per heavy atom. The molecule has 1 aromatic rings. The van der Waals surface area contributed by atoms with E-state index in [1.165, 1.54) is 10.5 Å². The average Bonchev–Trinajstić information content (AvgIpc) is 3.07. The third kappa shape index (κ3) is 2.88. The van der Waals surface area contributed by atoms with Crippen molar-refractivity contribution in [1.82, 2.24) is 0 Å². The van der Waals surface area contributed by atoms with E-state index in [4.69, 9.17) is 4.74 Å². The molecule has 1 saturated heterocycles. The van der Waals surface area contributed by atoms with Crippen LogP contribution in [0.1, 0.15) is 13.8 Å². The molecule has 2 rings (SSSR count). The molecule has 0 bridgehead atoms. The number of thioether (sulfide) groups is 1. The van der Waals surface area contributed by atoms with Gasteiger partial charge in [0.15, 0.2) is 0 Å². The first kappa shape index (κ1) is 13.4. The molecule has 96 valence electrons. The van der Waals surface area contributed by atoms with Crippen molar-refractivity contribution in [3.8, 4) is 0 Å². The molecule has 1 fully saturated rings. The van der Waals surface area contributed by atoms with Crippen LogP contribution in [0.4, 0.5) is 0 Å². The summed E-state index contributed by atoms with van der Waals surface area (Å²) in [6.45, 7) is 13.2. The summed E-state index contributed by atoms with van der Waals surface area (Å²) in [7, 11) is 0. The van der Waals surface area contributed by atoms with Gasteiger partial charge in [0.25, 0.3) is 0 Å². The Morgan fingerprint density at radius 3 is 2.50 bits per heavy atom. The van der Waals surface area contributed by atoms with Crippen molar-refractivity contribution in [1.29, 1.82) is 0 Å². The molecule has 0 radical (unpaired) electrons. The van der Waals surface area contributed by atoms with Gasteiger partial charge in [0.1, 0.15) is 0 Å². The highest BCUT2D eigenvalue weighted by Gasteiger charge is 2.49. The van der Waals surface area contributed by atoms with Gasteiger partial charge in [-0.25, -0.2) is 0 Å². The molecule has 0 N–H and O–H groups in total. The zero-order valence-electron chi connectivity index (χ0n) is 11.1. The molecule has 2 heteroatoms. The molecular weight excluding hydrogens is 240 g/mol. The zero-order chi connectivity index (χ0) is 13.2. The Morgan fingerprint density at radius 2 is 2.06 bits per heavy atom. The first-order chi connectivity index (χ1) is 8.57. The van der Waals surface area contributed by atoms with Crippen LogP contribution < -0.4 is 0 Å². The normalized spacial score (nSPS) is 25.2. The predicted molar refractivity (Wildman–Crippen MR) is 78.9 cm³/mol. The molecule has 1 heterocycles. The highest BCUT2D eigenvalue weighted by Crippen LogP contribution is 2.45. The second-order valence-corrected chi connectivity index (χ2v) is 6.31. The van der Waals surface area contributed by atoms with Crippen molar-refractivity contribution in [2.75, 3.05) is 6.61 Å². The quantitative estimate of drug-likeness (QED) is 0.429. The summed E-state index contributed by atoms with van der Waals surface area (Å²) >= 11 is 1.83. The number of rotatable bonds is 6. The fourth-order valence-electron chi connectivity index (χ4n) is 2.35. The third-order valence-electron chi connectivity index (χ3n) is 3.36. The van der Waals surface area contributed by atoms with Crippen LogP contribution in [-0.4, -0.2) is 17.5 Å². The van der Waals surface area contributed by atoms with E-state index in [-0.39, 0.29) is 5.60 Å². The summed E-state index contributed by atoms with van der Waals surface area (Å²) in [5.41, 5.74) is 1.12. The monoisotopic (exact) mass is 260 g/mol. The molecular formula is C16H20OS. The van der Waals surface area contributed by atoms with E-state index < -0.39 is 0 Å². The van der Waals surface area contributed by atoms with Crippen LogP contribution in [0.5, 0.6) is 0 Å². The molecule has 0 spiro atoms. The minimum atomic E-state index is -0.0491. The van der Waals surface area contributed by atoms with Crippen molar-refractivity contribution in [3.63, 3.8) is 0 Å². The standard InChI is InChI=1S/C16H20OS/c1-5-14(18-13-9-7-6-8-10-13)15(12(2)3)16(4)11-17-16/h5-10,14-15H,1-2,11H2,3-4H3/t14?,15-,16+/m0/s1. The lowest BCUT2D eigenvalue weighted by molar-refractivity contribution is 0.263. The van der Waals surface area contributed by atoms with Gasteiger partial charge in [-0.15, -0.1) is 18.3 Å². The van der Waals surface area contributed by atoms with Gasteiger partial charge >= 0.3 is 0 Å². The molecule has 1 aromatic carbocycles. The Bertz CT molecular complexity index is 434. The number of epoxide rings is 1. The minimum absolute atomic E-state index is 0.0491. The van der Waals surface area contributed by atoms with Crippen LogP contribution in [0, 0.1) is 5.92 Å². The zero-order valence-corrected chi connectivity index (χ0v) is 11.9. The van der Waals surface area contributed by atoms with Gasteiger partial charge in [0.2, 0.25) is 0 Å². The van der Waals surface area contributed by atoms with Crippen molar-refractivity contribution < 1.29 is 4.74 Å². The fraction of sp³-hybridized carbons (Fsp3) is 0.375. The molecule has 18 heavy (non-hydrogen) atoms. The molecule has 0 saturated carbocycles. The second kappa shape index (κ2) is 5.33. The third-order valence-corrected chi connectivity index (χ3v) is 4.65. The maximum absolute atomic E-state index is 5.62. The van der Waals surface area contributed by atoms with Crippen LogP contribution in [-0.2, 0) is 4.74 Å². The van der Waals surface area contributed by atoms with E-state index >= 15 is 0 Å². The molecule has 0 aliphatic carbocycles. The summed E-state index contributed by atoms with van der Waals surface area (Å²) in [4.78, 5) is 1.26. The molecule has 1 aliphatic heterocycles. The van der Waals surface area contributed by atoms with Crippen LogP contribution in [0.15, 0.2) is 60.0 Å². The van der Waals surface area contributed by atoms with Gasteiger partial charge in [0, 0.05) is 16.1 Å². The molecule has 3 atom stereocenters. The second-order valence-electron chi connectivity index (χ2n) is 5.06. The van der Waals surface area contributed by atoms with E-state index in [2.05, 4.69) is 51.3 Å². The highest BCUT2D eigenvalue weighted by atomic mass is 32.2. The summed E-state index contributed by atoms with van der Waals surface area (Å²) in [5.74, 6) is 0.320. The Hall–Kier alpha value is -0.990. The number of benzene rings is 1. The summed E-state index contributed by atoms with van der Waals surface area (Å²) in [6.07, 6.45) is 2.02. The summed E-state index contributed by atoms with van der Waals surface area (Å²) in [5, 5.41) is 0.303. The first-order valence-corrected chi connectivity index (χ1v) is 7.08.